The molecule has 150 valence electrons. The number of hydrogen-bond acceptors (Lipinski definition) is 6. The molecule has 27 heavy (non-hydrogen) atoms. The van der Waals surface area contributed by atoms with Gasteiger partial charge in [0.1, 0.15) is 6.10 Å². The first-order chi connectivity index (χ1) is 12.8. The van der Waals surface area contributed by atoms with Crippen molar-refractivity contribution in [3.05, 3.63) is 11.1 Å². The van der Waals surface area contributed by atoms with E-state index in [4.69, 9.17) is 9.47 Å². The van der Waals surface area contributed by atoms with Crippen molar-refractivity contribution in [3.63, 3.8) is 0 Å². The third-order valence-electron chi connectivity index (χ3n) is 7.01. The summed E-state index contributed by atoms with van der Waals surface area (Å²) in [5, 5.41) is 10.9. The van der Waals surface area contributed by atoms with Crippen molar-refractivity contribution < 1.29 is 29.0 Å². The Morgan fingerprint density at radius 3 is 2.67 bits per heavy atom. The van der Waals surface area contributed by atoms with E-state index in [0.29, 0.717) is 24.8 Å². The Balaban J connectivity index is 1.87. The Morgan fingerprint density at radius 2 is 2.00 bits per heavy atom. The van der Waals surface area contributed by atoms with Crippen LogP contribution in [0.25, 0.3) is 0 Å². The van der Waals surface area contributed by atoms with E-state index in [1.165, 1.54) is 14.0 Å². The molecule has 5 unspecified atom stereocenters. The molecule has 0 spiro atoms. The number of ether oxygens (including phenoxy) is 2. The maximum absolute atomic E-state index is 12.6. The molecule has 6 nitrogen and oxygen atoms in total. The molecule has 5 atom stereocenters. The largest absolute Gasteiger partial charge is 0.469 e. The molecule has 2 saturated carbocycles. The van der Waals surface area contributed by atoms with E-state index in [2.05, 4.69) is 6.92 Å². The number of aliphatic hydroxyl groups excluding tert-OH is 1. The summed E-state index contributed by atoms with van der Waals surface area (Å²) in [5.41, 5.74) is 1.49. The number of allylic oxidation sites excluding steroid dienone is 1. The van der Waals surface area contributed by atoms with Crippen molar-refractivity contribution in [2.45, 2.75) is 77.4 Å². The molecule has 3 aliphatic carbocycles. The van der Waals surface area contributed by atoms with Gasteiger partial charge < -0.3 is 14.6 Å². The van der Waals surface area contributed by atoms with Gasteiger partial charge in [-0.2, -0.15) is 0 Å². The second-order valence-electron chi connectivity index (χ2n) is 8.48. The standard InChI is InChI=1S/C21H30O6/c1-12(22)27-14-8-9-21(2)13(10-14)11-18(24)20-15(4-7-19(25)26-3)17(23)6-5-16(20)21/h13-14,16,18,24H,4-11H2,1-3H3. The number of carbonyl (C=O) groups excluding carboxylic acids is 3. The molecule has 0 aliphatic heterocycles. The summed E-state index contributed by atoms with van der Waals surface area (Å²) in [6.07, 6.45) is 4.04. The number of carbonyl (C=O) groups is 3. The van der Waals surface area contributed by atoms with Crippen LogP contribution in [-0.2, 0) is 23.9 Å². The lowest BCUT2D eigenvalue weighted by Gasteiger charge is -2.55. The van der Waals surface area contributed by atoms with Crippen molar-refractivity contribution in [2.24, 2.45) is 17.3 Å². The maximum atomic E-state index is 12.6. The fraction of sp³-hybridized carbons (Fsp3) is 0.762. The van der Waals surface area contributed by atoms with Crippen molar-refractivity contribution in [1.82, 2.24) is 0 Å². The summed E-state index contributed by atoms with van der Waals surface area (Å²) in [5.74, 6) is -0.132. The fourth-order valence-electron chi connectivity index (χ4n) is 5.63. The first-order valence-corrected chi connectivity index (χ1v) is 9.94. The smallest absolute Gasteiger partial charge is 0.305 e. The number of aliphatic hydroxyl groups is 1. The molecule has 0 aromatic carbocycles. The lowest BCUT2D eigenvalue weighted by atomic mass is 9.50. The quantitative estimate of drug-likeness (QED) is 0.757. The highest BCUT2D eigenvalue weighted by Crippen LogP contribution is 2.58. The van der Waals surface area contributed by atoms with Gasteiger partial charge in [-0.1, -0.05) is 6.92 Å². The van der Waals surface area contributed by atoms with Crippen LogP contribution in [0.4, 0.5) is 0 Å². The highest BCUT2D eigenvalue weighted by atomic mass is 16.5. The number of hydrogen-bond donors (Lipinski definition) is 1. The molecule has 1 N–H and O–H groups in total. The van der Waals surface area contributed by atoms with Crippen LogP contribution in [0.15, 0.2) is 11.1 Å². The predicted molar refractivity (Wildman–Crippen MR) is 97.6 cm³/mol. The lowest BCUT2D eigenvalue weighted by molar-refractivity contribution is -0.153. The van der Waals surface area contributed by atoms with Crippen molar-refractivity contribution >= 4 is 17.7 Å². The van der Waals surface area contributed by atoms with E-state index in [9.17, 15) is 19.5 Å². The summed E-state index contributed by atoms with van der Waals surface area (Å²) >= 11 is 0. The minimum absolute atomic E-state index is 0.0115. The first kappa shape index (κ1) is 20.1. The number of rotatable bonds is 4. The van der Waals surface area contributed by atoms with Crippen LogP contribution in [0.3, 0.4) is 0 Å². The molecule has 0 aromatic heterocycles. The van der Waals surface area contributed by atoms with Gasteiger partial charge in [-0.3, -0.25) is 14.4 Å². The average Bonchev–Trinajstić information content (AvgIpc) is 2.61. The molecule has 0 bridgehead atoms. The molecular formula is C21H30O6. The lowest BCUT2D eigenvalue weighted by Crippen LogP contribution is -2.51. The fourth-order valence-corrected chi connectivity index (χ4v) is 5.63. The predicted octanol–water partition coefficient (Wildman–Crippen LogP) is 2.72. The zero-order chi connectivity index (χ0) is 19.8. The number of fused-ring (bicyclic) bond motifs is 3. The molecule has 3 aliphatic rings. The van der Waals surface area contributed by atoms with Crippen molar-refractivity contribution in [1.29, 1.82) is 0 Å². The Labute approximate surface area is 160 Å². The summed E-state index contributed by atoms with van der Waals surface area (Å²) in [6.45, 7) is 3.69. The SMILES string of the molecule is COC(=O)CCC1=C2C(O)CC3CC(OC(C)=O)CCC3(C)C2CCC1=O. The van der Waals surface area contributed by atoms with Gasteiger partial charge in [-0.25, -0.2) is 0 Å². The zero-order valence-electron chi connectivity index (χ0n) is 16.5. The summed E-state index contributed by atoms with van der Waals surface area (Å²) in [7, 11) is 1.34. The second kappa shape index (κ2) is 7.74. The van der Waals surface area contributed by atoms with Crippen LogP contribution in [0, 0.1) is 17.3 Å². The Morgan fingerprint density at radius 1 is 1.26 bits per heavy atom. The average molecular weight is 378 g/mol. The highest BCUT2D eigenvalue weighted by Gasteiger charge is 2.53. The van der Waals surface area contributed by atoms with Crippen LogP contribution in [0.5, 0.6) is 0 Å². The molecule has 3 rings (SSSR count). The van der Waals surface area contributed by atoms with Gasteiger partial charge in [-0.15, -0.1) is 0 Å². The number of esters is 2. The molecule has 0 amide bonds. The summed E-state index contributed by atoms with van der Waals surface area (Å²) in [6, 6.07) is 0. The van der Waals surface area contributed by atoms with Crippen molar-refractivity contribution in [2.75, 3.05) is 7.11 Å². The van der Waals surface area contributed by atoms with Gasteiger partial charge >= 0.3 is 11.9 Å². The molecule has 0 aromatic rings. The van der Waals surface area contributed by atoms with Crippen LogP contribution in [0.2, 0.25) is 0 Å². The van der Waals surface area contributed by atoms with E-state index in [0.717, 1.165) is 31.3 Å². The van der Waals surface area contributed by atoms with Crippen LogP contribution < -0.4 is 0 Å². The molecule has 6 heteroatoms. The third-order valence-corrected chi connectivity index (χ3v) is 7.01. The van der Waals surface area contributed by atoms with E-state index in [1.54, 1.807) is 0 Å². The number of ketones is 1. The summed E-state index contributed by atoms with van der Waals surface area (Å²) < 4.78 is 10.1. The summed E-state index contributed by atoms with van der Waals surface area (Å²) in [4.78, 5) is 35.4. The first-order valence-electron chi connectivity index (χ1n) is 9.94. The number of methoxy groups -OCH3 is 1. The second-order valence-corrected chi connectivity index (χ2v) is 8.48. The third kappa shape index (κ3) is 3.82. The van der Waals surface area contributed by atoms with Crippen LogP contribution in [0.1, 0.15) is 65.2 Å². The minimum atomic E-state index is -0.666. The Bertz CT molecular complexity index is 666. The van der Waals surface area contributed by atoms with E-state index in [1.807, 2.05) is 0 Å². The topological polar surface area (TPSA) is 89.9 Å². The molecule has 0 radical (unpaired) electrons. The molecule has 0 heterocycles. The highest BCUT2D eigenvalue weighted by molar-refractivity contribution is 5.97. The monoisotopic (exact) mass is 378 g/mol. The van der Waals surface area contributed by atoms with Crippen LogP contribution >= 0.6 is 0 Å². The van der Waals surface area contributed by atoms with E-state index >= 15 is 0 Å². The van der Waals surface area contributed by atoms with E-state index < -0.39 is 6.10 Å². The molecular weight excluding hydrogens is 348 g/mol. The maximum Gasteiger partial charge on any atom is 0.305 e. The van der Waals surface area contributed by atoms with Crippen molar-refractivity contribution in [3.8, 4) is 0 Å². The van der Waals surface area contributed by atoms with E-state index in [-0.39, 0.29) is 47.5 Å². The van der Waals surface area contributed by atoms with Gasteiger partial charge in [0.15, 0.2) is 5.78 Å². The molecule has 0 saturated heterocycles. The van der Waals surface area contributed by atoms with Gasteiger partial charge in [0.25, 0.3) is 0 Å². The Hall–Kier alpha value is -1.69. The number of Topliss-reactive ketones (excluding diaryl/α,β-unsaturated/α-hetero) is 1. The normalized spacial score (nSPS) is 35.9. The minimum Gasteiger partial charge on any atom is -0.469 e. The Kier molecular flexibility index (Phi) is 5.75. The van der Waals surface area contributed by atoms with Gasteiger partial charge in [0, 0.05) is 19.8 Å². The zero-order valence-corrected chi connectivity index (χ0v) is 16.5. The molecule has 2 fully saturated rings. The van der Waals surface area contributed by atoms with Gasteiger partial charge in [0.2, 0.25) is 0 Å². The van der Waals surface area contributed by atoms with Gasteiger partial charge in [-0.05, 0) is 66.9 Å². The van der Waals surface area contributed by atoms with Gasteiger partial charge in [0.05, 0.1) is 13.2 Å². The van der Waals surface area contributed by atoms with Crippen LogP contribution in [-0.4, -0.2) is 42.1 Å².